The number of carbonyl (C=O) groups is 1. The van der Waals surface area contributed by atoms with Crippen LogP contribution in [-0.4, -0.2) is 25.1 Å². The molecule has 0 saturated carbocycles. The van der Waals surface area contributed by atoms with Gasteiger partial charge >= 0.3 is 0 Å². The van der Waals surface area contributed by atoms with Gasteiger partial charge in [0.15, 0.2) is 5.13 Å². The third-order valence-electron chi connectivity index (χ3n) is 5.87. The Hall–Kier alpha value is -4.04. The standard InChI is InChI=1S/C27H25N5O2S/c1-16-5-9-20(10-6-16)25-26(21-11-7-17(2)8-12-21)35-27(29-25)28-22(33)15-31-19(4)14-24(34)32-23(31)13-18(3)30-32/h5-14H,15H2,1-4H3,(H,28,29,33). The number of amides is 1. The fraction of sp³-hybridized carbons (Fsp3) is 0.185. The summed E-state index contributed by atoms with van der Waals surface area (Å²) in [4.78, 5) is 31.2. The monoisotopic (exact) mass is 483 g/mol. The number of aryl methyl sites for hydroxylation is 4. The van der Waals surface area contributed by atoms with E-state index in [9.17, 15) is 9.59 Å². The molecular weight excluding hydrogens is 458 g/mol. The summed E-state index contributed by atoms with van der Waals surface area (Å²) < 4.78 is 3.11. The highest BCUT2D eigenvalue weighted by atomic mass is 32.1. The smallest absolute Gasteiger partial charge is 0.274 e. The van der Waals surface area contributed by atoms with Crippen LogP contribution in [-0.2, 0) is 11.3 Å². The molecule has 5 aromatic rings. The second kappa shape index (κ2) is 8.96. The Kier molecular flexibility index (Phi) is 5.82. The number of benzene rings is 2. The van der Waals surface area contributed by atoms with Gasteiger partial charge in [-0.25, -0.2) is 4.98 Å². The first kappa shape index (κ1) is 22.7. The van der Waals surface area contributed by atoms with Crippen molar-refractivity contribution in [1.29, 1.82) is 0 Å². The molecule has 5 rings (SSSR count). The highest BCUT2D eigenvalue weighted by Gasteiger charge is 2.18. The van der Waals surface area contributed by atoms with E-state index < -0.39 is 0 Å². The molecule has 7 nitrogen and oxygen atoms in total. The first-order valence-electron chi connectivity index (χ1n) is 11.3. The normalized spacial score (nSPS) is 11.2. The molecule has 35 heavy (non-hydrogen) atoms. The average molecular weight is 484 g/mol. The lowest BCUT2D eigenvalue weighted by atomic mass is 10.0. The summed E-state index contributed by atoms with van der Waals surface area (Å²) >= 11 is 1.45. The lowest BCUT2D eigenvalue weighted by Crippen LogP contribution is -2.25. The molecule has 0 aliphatic heterocycles. The summed E-state index contributed by atoms with van der Waals surface area (Å²) in [5.41, 5.74) is 7.02. The number of nitrogens with one attached hydrogen (secondary N) is 1. The van der Waals surface area contributed by atoms with Gasteiger partial charge in [-0.05, 0) is 33.3 Å². The van der Waals surface area contributed by atoms with E-state index in [0.29, 0.717) is 22.2 Å². The first-order chi connectivity index (χ1) is 16.8. The topological polar surface area (TPSA) is 81.3 Å². The Morgan fingerprint density at radius 2 is 1.54 bits per heavy atom. The SMILES string of the molecule is Cc1ccc(-c2nc(NC(=O)Cn3c(C)cc(=O)n4nc(C)cc34)sc2-c2ccc(C)cc2)cc1. The van der Waals surface area contributed by atoms with Gasteiger partial charge in [0, 0.05) is 23.4 Å². The van der Waals surface area contributed by atoms with E-state index in [1.807, 2.05) is 13.8 Å². The van der Waals surface area contributed by atoms with Crippen molar-refractivity contribution in [1.82, 2.24) is 19.2 Å². The maximum absolute atomic E-state index is 13.1. The highest BCUT2D eigenvalue weighted by molar-refractivity contribution is 7.19. The predicted octanol–water partition coefficient (Wildman–Crippen LogP) is 5.16. The second-order valence-corrected chi connectivity index (χ2v) is 9.74. The van der Waals surface area contributed by atoms with E-state index in [1.165, 1.54) is 33.0 Å². The summed E-state index contributed by atoms with van der Waals surface area (Å²) in [5.74, 6) is -0.225. The Morgan fingerprint density at radius 3 is 2.20 bits per heavy atom. The summed E-state index contributed by atoms with van der Waals surface area (Å²) in [6.45, 7) is 7.78. The van der Waals surface area contributed by atoms with Gasteiger partial charge in [0.25, 0.3) is 5.56 Å². The predicted molar refractivity (Wildman–Crippen MR) is 140 cm³/mol. The van der Waals surface area contributed by atoms with Crippen LogP contribution in [0, 0.1) is 27.7 Å². The molecule has 0 atom stereocenters. The summed E-state index contributed by atoms with van der Waals surface area (Å²) in [6.07, 6.45) is 0. The van der Waals surface area contributed by atoms with Crippen LogP contribution in [0.25, 0.3) is 27.3 Å². The van der Waals surface area contributed by atoms with Gasteiger partial charge < -0.3 is 9.88 Å². The van der Waals surface area contributed by atoms with Crippen LogP contribution in [0.5, 0.6) is 0 Å². The zero-order chi connectivity index (χ0) is 24.7. The molecule has 8 heteroatoms. The quantitative estimate of drug-likeness (QED) is 0.374. The molecule has 0 fully saturated rings. The van der Waals surface area contributed by atoms with Crippen molar-refractivity contribution in [3.8, 4) is 21.7 Å². The van der Waals surface area contributed by atoms with Crippen molar-refractivity contribution in [3.63, 3.8) is 0 Å². The van der Waals surface area contributed by atoms with Crippen molar-refractivity contribution in [3.05, 3.63) is 93.5 Å². The molecular formula is C27H25N5O2S. The summed E-state index contributed by atoms with van der Waals surface area (Å²) in [5, 5.41) is 7.74. The molecule has 1 amide bonds. The van der Waals surface area contributed by atoms with Gasteiger partial charge in [0.2, 0.25) is 5.91 Å². The molecule has 0 spiro atoms. The van der Waals surface area contributed by atoms with Crippen molar-refractivity contribution in [2.45, 2.75) is 34.2 Å². The largest absolute Gasteiger partial charge is 0.321 e. The van der Waals surface area contributed by atoms with Gasteiger partial charge in [-0.1, -0.05) is 71.0 Å². The van der Waals surface area contributed by atoms with Crippen LogP contribution in [0.2, 0.25) is 0 Å². The fourth-order valence-corrected chi connectivity index (χ4v) is 5.04. The van der Waals surface area contributed by atoms with Crippen molar-refractivity contribution < 1.29 is 4.79 Å². The summed E-state index contributed by atoms with van der Waals surface area (Å²) in [7, 11) is 0. The van der Waals surface area contributed by atoms with Crippen molar-refractivity contribution >= 4 is 28.0 Å². The Bertz CT molecular complexity index is 1550. The molecule has 0 bridgehead atoms. The van der Waals surface area contributed by atoms with Crippen LogP contribution in [0.1, 0.15) is 22.5 Å². The molecule has 3 heterocycles. The molecule has 0 unspecified atom stereocenters. The lowest BCUT2D eigenvalue weighted by Gasteiger charge is -2.11. The second-order valence-electron chi connectivity index (χ2n) is 8.74. The van der Waals surface area contributed by atoms with Gasteiger partial charge in [0.1, 0.15) is 12.2 Å². The third-order valence-corrected chi connectivity index (χ3v) is 6.89. The van der Waals surface area contributed by atoms with E-state index in [1.54, 1.807) is 10.6 Å². The molecule has 1 N–H and O–H groups in total. The van der Waals surface area contributed by atoms with Crippen LogP contribution in [0.4, 0.5) is 5.13 Å². The van der Waals surface area contributed by atoms with Crippen LogP contribution in [0.3, 0.4) is 0 Å². The number of hydrogen-bond acceptors (Lipinski definition) is 5. The Morgan fingerprint density at radius 1 is 0.914 bits per heavy atom. The maximum atomic E-state index is 13.1. The van der Waals surface area contributed by atoms with Gasteiger partial charge in [-0.3, -0.25) is 9.59 Å². The van der Waals surface area contributed by atoms with Crippen LogP contribution >= 0.6 is 11.3 Å². The molecule has 0 radical (unpaired) electrons. The Balaban J connectivity index is 1.49. The van der Waals surface area contributed by atoms with Crippen LogP contribution in [0.15, 0.2) is 65.5 Å². The first-order valence-corrected chi connectivity index (χ1v) is 12.1. The van der Waals surface area contributed by atoms with Gasteiger partial charge in [0.05, 0.1) is 16.3 Å². The number of aromatic nitrogens is 4. The molecule has 0 saturated heterocycles. The lowest BCUT2D eigenvalue weighted by molar-refractivity contribution is -0.116. The number of fused-ring (bicyclic) bond motifs is 1. The highest BCUT2D eigenvalue weighted by Crippen LogP contribution is 2.39. The van der Waals surface area contributed by atoms with E-state index in [2.05, 4.69) is 72.8 Å². The third kappa shape index (κ3) is 4.52. The molecule has 0 aliphatic rings. The fourth-order valence-electron chi connectivity index (χ4n) is 4.03. The average Bonchev–Trinajstić information content (AvgIpc) is 3.41. The number of carbonyl (C=O) groups excluding carboxylic acids is 1. The number of hydrogen-bond donors (Lipinski definition) is 1. The van der Waals surface area contributed by atoms with E-state index in [-0.39, 0.29) is 18.0 Å². The zero-order valence-electron chi connectivity index (χ0n) is 20.0. The molecule has 2 aromatic carbocycles. The summed E-state index contributed by atoms with van der Waals surface area (Å²) in [6, 6.07) is 19.8. The zero-order valence-corrected chi connectivity index (χ0v) is 20.8. The maximum Gasteiger partial charge on any atom is 0.274 e. The number of rotatable bonds is 5. The number of thiazole rings is 1. The molecule has 3 aromatic heterocycles. The number of anilines is 1. The van der Waals surface area contributed by atoms with Crippen molar-refractivity contribution in [2.75, 3.05) is 5.32 Å². The van der Waals surface area contributed by atoms with Gasteiger partial charge in [-0.15, -0.1) is 0 Å². The van der Waals surface area contributed by atoms with Crippen LogP contribution < -0.4 is 10.9 Å². The van der Waals surface area contributed by atoms with E-state index in [4.69, 9.17) is 4.98 Å². The minimum Gasteiger partial charge on any atom is -0.321 e. The van der Waals surface area contributed by atoms with E-state index in [0.717, 1.165) is 21.7 Å². The minimum absolute atomic E-state index is 0.0417. The van der Waals surface area contributed by atoms with E-state index >= 15 is 0 Å². The number of nitrogens with zero attached hydrogens (tertiary/aromatic N) is 4. The Labute approximate surface area is 206 Å². The van der Waals surface area contributed by atoms with Crippen molar-refractivity contribution in [2.24, 2.45) is 0 Å². The van der Waals surface area contributed by atoms with Gasteiger partial charge in [-0.2, -0.15) is 9.61 Å². The minimum atomic E-state index is -0.225. The molecule has 176 valence electrons. The molecule has 0 aliphatic carbocycles.